The van der Waals surface area contributed by atoms with Crippen LogP contribution in [0.5, 0.6) is 0 Å². The van der Waals surface area contributed by atoms with Crippen LogP contribution in [0.2, 0.25) is 0 Å². The van der Waals surface area contributed by atoms with E-state index in [1.54, 1.807) is 0 Å². The molecule has 1 saturated carbocycles. The SMILES string of the molecule is CC(C)CN(C(=O)CN1CCNCC1)C1CC1. The predicted molar refractivity (Wildman–Crippen MR) is 68.9 cm³/mol. The summed E-state index contributed by atoms with van der Waals surface area (Å²) in [6.45, 7) is 9.96. The predicted octanol–water partition coefficient (Wildman–Crippen LogP) is 0.539. The lowest BCUT2D eigenvalue weighted by Gasteiger charge is -2.30. The minimum Gasteiger partial charge on any atom is -0.338 e. The first kappa shape index (κ1) is 12.8. The zero-order chi connectivity index (χ0) is 12.3. The Balaban J connectivity index is 1.82. The topological polar surface area (TPSA) is 35.6 Å². The fraction of sp³-hybridized carbons (Fsp3) is 0.923. The van der Waals surface area contributed by atoms with Crippen molar-refractivity contribution < 1.29 is 4.79 Å². The number of rotatable bonds is 5. The van der Waals surface area contributed by atoms with Gasteiger partial charge in [-0.05, 0) is 18.8 Å². The van der Waals surface area contributed by atoms with Gasteiger partial charge in [0.2, 0.25) is 5.91 Å². The summed E-state index contributed by atoms with van der Waals surface area (Å²) >= 11 is 0. The van der Waals surface area contributed by atoms with Crippen molar-refractivity contribution in [2.75, 3.05) is 39.3 Å². The molecule has 0 unspecified atom stereocenters. The third-order valence-corrected chi connectivity index (χ3v) is 3.44. The van der Waals surface area contributed by atoms with E-state index in [1.807, 2.05) is 0 Å². The van der Waals surface area contributed by atoms with Gasteiger partial charge in [-0.3, -0.25) is 9.69 Å². The van der Waals surface area contributed by atoms with E-state index in [4.69, 9.17) is 0 Å². The van der Waals surface area contributed by atoms with Crippen molar-refractivity contribution in [3.8, 4) is 0 Å². The summed E-state index contributed by atoms with van der Waals surface area (Å²) < 4.78 is 0. The van der Waals surface area contributed by atoms with Gasteiger partial charge in [0.05, 0.1) is 6.54 Å². The van der Waals surface area contributed by atoms with E-state index in [0.29, 0.717) is 24.4 Å². The van der Waals surface area contributed by atoms with E-state index in [0.717, 1.165) is 32.7 Å². The zero-order valence-corrected chi connectivity index (χ0v) is 11.1. The van der Waals surface area contributed by atoms with E-state index in [1.165, 1.54) is 12.8 Å². The van der Waals surface area contributed by atoms with Crippen LogP contribution in [0.15, 0.2) is 0 Å². The van der Waals surface area contributed by atoms with Crippen LogP contribution in [0.25, 0.3) is 0 Å². The maximum atomic E-state index is 12.3. The summed E-state index contributed by atoms with van der Waals surface area (Å²) in [5, 5.41) is 3.32. The molecule has 2 aliphatic rings. The Morgan fingerprint density at radius 2 is 2.00 bits per heavy atom. The number of hydrogen-bond acceptors (Lipinski definition) is 3. The molecule has 0 bridgehead atoms. The number of nitrogens with zero attached hydrogens (tertiary/aromatic N) is 2. The van der Waals surface area contributed by atoms with Crippen molar-refractivity contribution >= 4 is 5.91 Å². The van der Waals surface area contributed by atoms with E-state index >= 15 is 0 Å². The summed E-state index contributed by atoms with van der Waals surface area (Å²) in [7, 11) is 0. The molecule has 2 rings (SSSR count). The molecule has 1 saturated heterocycles. The monoisotopic (exact) mass is 239 g/mol. The van der Waals surface area contributed by atoms with Gasteiger partial charge in [-0.2, -0.15) is 0 Å². The van der Waals surface area contributed by atoms with Gasteiger partial charge in [0.15, 0.2) is 0 Å². The highest BCUT2D eigenvalue weighted by Gasteiger charge is 2.33. The highest BCUT2D eigenvalue weighted by atomic mass is 16.2. The minimum atomic E-state index is 0.336. The third-order valence-electron chi connectivity index (χ3n) is 3.44. The Morgan fingerprint density at radius 3 is 2.53 bits per heavy atom. The van der Waals surface area contributed by atoms with Gasteiger partial charge in [-0.1, -0.05) is 13.8 Å². The molecule has 0 spiro atoms. The second-order valence-electron chi connectivity index (χ2n) is 5.70. The van der Waals surface area contributed by atoms with Crippen molar-refractivity contribution in [1.29, 1.82) is 0 Å². The standard InChI is InChI=1S/C13H25N3O/c1-11(2)9-16(12-3-4-12)13(17)10-15-7-5-14-6-8-15/h11-12,14H,3-10H2,1-2H3. The maximum Gasteiger partial charge on any atom is 0.237 e. The lowest BCUT2D eigenvalue weighted by atomic mass is 10.2. The van der Waals surface area contributed by atoms with E-state index in [9.17, 15) is 4.79 Å². The van der Waals surface area contributed by atoms with Crippen LogP contribution in [0.4, 0.5) is 0 Å². The molecule has 4 heteroatoms. The van der Waals surface area contributed by atoms with Gasteiger partial charge in [-0.25, -0.2) is 0 Å². The molecule has 0 aromatic carbocycles. The molecule has 1 aliphatic heterocycles. The number of nitrogens with one attached hydrogen (secondary N) is 1. The van der Waals surface area contributed by atoms with Crippen LogP contribution >= 0.6 is 0 Å². The number of piperazine rings is 1. The second-order valence-corrected chi connectivity index (χ2v) is 5.70. The van der Waals surface area contributed by atoms with E-state index in [-0.39, 0.29) is 0 Å². The largest absolute Gasteiger partial charge is 0.338 e. The van der Waals surface area contributed by atoms with Gasteiger partial charge in [0.1, 0.15) is 0 Å². The average Bonchev–Trinajstić information content (AvgIpc) is 3.10. The normalized spacial score (nSPS) is 21.8. The molecule has 1 amide bonds. The molecular formula is C13H25N3O. The molecule has 0 radical (unpaired) electrons. The quantitative estimate of drug-likeness (QED) is 0.760. The molecule has 1 N–H and O–H groups in total. The lowest BCUT2D eigenvalue weighted by Crippen LogP contribution is -2.49. The third kappa shape index (κ3) is 3.96. The smallest absolute Gasteiger partial charge is 0.237 e. The highest BCUT2D eigenvalue weighted by molar-refractivity contribution is 5.79. The number of amides is 1. The number of carbonyl (C=O) groups excluding carboxylic acids is 1. The van der Waals surface area contributed by atoms with E-state index in [2.05, 4.69) is 29.0 Å². The second kappa shape index (κ2) is 5.83. The van der Waals surface area contributed by atoms with Crippen molar-refractivity contribution in [3.63, 3.8) is 0 Å². The van der Waals surface area contributed by atoms with Gasteiger partial charge >= 0.3 is 0 Å². The Hall–Kier alpha value is -0.610. The van der Waals surface area contributed by atoms with Gasteiger partial charge in [0, 0.05) is 38.8 Å². The molecule has 0 aromatic rings. The fourth-order valence-corrected chi connectivity index (χ4v) is 2.39. The van der Waals surface area contributed by atoms with Crippen molar-refractivity contribution in [3.05, 3.63) is 0 Å². The molecule has 1 aliphatic carbocycles. The maximum absolute atomic E-state index is 12.3. The van der Waals surface area contributed by atoms with Crippen LogP contribution in [-0.2, 0) is 4.79 Å². The molecule has 2 fully saturated rings. The molecule has 17 heavy (non-hydrogen) atoms. The number of carbonyl (C=O) groups is 1. The van der Waals surface area contributed by atoms with E-state index < -0.39 is 0 Å². The molecule has 4 nitrogen and oxygen atoms in total. The van der Waals surface area contributed by atoms with Crippen LogP contribution in [0, 0.1) is 5.92 Å². The van der Waals surface area contributed by atoms with Gasteiger partial charge < -0.3 is 10.2 Å². The lowest BCUT2D eigenvalue weighted by molar-refractivity contribution is -0.133. The Morgan fingerprint density at radius 1 is 1.35 bits per heavy atom. The highest BCUT2D eigenvalue weighted by Crippen LogP contribution is 2.27. The molecule has 0 aromatic heterocycles. The summed E-state index contributed by atoms with van der Waals surface area (Å²) in [5.41, 5.74) is 0. The molecule has 1 heterocycles. The van der Waals surface area contributed by atoms with Crippen LogP contribution < -0.4 is 5.32 Å². The average molecular weight is 239 g/mol. The fourth-order valence-electron chi connectivity index (χ4n) is 2.39. The summed E-state index contributed by atoms with van der Waals surface area (Å²) in [6, 6.07) is 0.549. The van der Waals surface area contributed by atoms with Crippen LogP contribution in [0.1, 0.15) is 26.7 Å². The summed E-state index contributed by atoms with van der Waals surface area (Å²) in [6.07, 6.45) is 2.42. The van der Waals surface area contributed by atoms with Crippen LogP contribution in [0.3, 0.4) is 0 Å². The Bertz CT molecular complexity index is 257. The Kier molecular flexibility index (Phi) is 4.40. The van der Waals surface area contributed by atoms with Crippen molar-refractivity contribution in [2.45, 2.75) is 32.7 Å². The molecular weight excluding hydrogens is 214 g/mol. The van der Waals surface area contributed by atoms with Crippen molar-refractivity contribution in [2.24, 2.45) is 5.92 Å². The first-order chi connectivity index (χ1) is 8.16. The number of hydrogen-bond donors (Lipinski definition) is 1. The first-order valence-corrected chi connectivity index (χ1v) is 6.89. The zero-order valence-electron chi connectivity index (χ0n) is 11.1. The first-order valence-electron chi connectivity index (χ1n) is 6.89. The Labute approximate surface area is 104 Å². The summed E-state index contributed by atoms with van der Waals surface area (Å²) in [4.78, 5) is 16.7. The van der Waals surface area contributed by atoms with Gasteiger partial charge in [0.25, 0.3) is 0 Å². The van der Waals surface area contributed by atoms with Crippen LogP contribution in [-0.4, -0.2) is 61.0 Å². The summed E-state index contributed by atoms with van der Waals surface area (Å²) in [5.74, 6) is 0.908. The molecule has 0 atom stereocenters. The minimum absolute atomic E-state index is 0.336. The van der Waals surface area contributed by atoms with Gasteiger partial charge in [-0.15, -0.1) is 0 Å². The molecule has 98 valence electrons. The van der Waals surface area contributed by atoms with Crippen molar-refractivity contribution in [1.82, 2.24) is 15.1 Å².